The molecule has 0 aromatic carbocycles. The van der Waals surface area contributed by atoms with Gasteiger partial charge in [0.1, 0.15) is 0 Å². The van der Waals surface area contributed by atoms with Crippen LogP contribution in [0.4, 0.5) is 0 Å². The van der Waals surface area contributed by atoms with Crippen LogP contribution >= 0.6 is 0 Å². The molecule has 0 amide bonds. The lowest BCUT2D eigenvalue weighted by molar-refractivity contribution is 0.0547. The average Bonchev–Trinajstić information content (AvgIpc) is 2.80. The molecule has 108 valence electrons. The maximum Gasteiger partial charge on any atom is 0.213 e. The minimum Gasteiger partial charge on any atom is -0.343 e. The highest BCUT2D eigenvalue weighted by Gasteiger charge is 2.35. The van der Waals surface area contributed by atoms with E-state index in [1.165, 1.54) is 6.39 Å². The number of nitrogens with one attached hydrogen (secondary N) is 1. The monoisotopic (exact) mass is 266 g/mol. The Morgan fingerprint density at radius 2 is 2.21 bits per heavy atom. The lowest BCUT2D eigenvalue weighted by atomic mass is 9.83. The Morgan fingerprint density at radius 3 is 2.74 bits per heavy atom. The summed E-state index contributed by atoms with van der Waals surface area (Å²) in [5.74, 6) is 1.39. The maximum absolute atomic E-state index is 4.84. The molecule has 2 atom stereocenters. The highest BCUT2D eigenvalue weighted by Crippen LogP contribution is 2.26. The number of piperazine rings is 1. The summed E-state index contributed by atoms with van der Waals surface area (Å²) in [5.41, 5.74) is 0.261. The molecule has 1 saturated heterocycles. The zero-order chi connectivity index (χ0) is 14.0. The van der Waals surface area contributed by atoms with Crippen molar-refractivity contribution in [2.45, 2.75) is 53.2 Å². The van der Waals surface area contributed by atoms with E-state index >= 15 is 0 Å². The molecule has 5 heteroatoms. The van der Waals surface area contributed by atoms with Crippen LogP contribution in [0.25, 0.3) is 0 Å². The second-order valence-electron chi connectivity index (χ2n) is 6.92. The predicted molar refractivity (Wildman–Crippen MR) is 74.6 cm³/mol. The summed E-state index contributed by atoms with van der Waals surface area (Å²) >= 11 is 0. The van der Waals surface area contributed by atoms with Gasteiger partial charge in [0.05, 0.1) is 6.54 Å². The van der Waals surface area contributed by atoms with Crippen LogP contribution in [0.5, 0.6) is 0 Å². The lowest BCUT2D eigenvalue weighted by Crippen LogP contribution is -2.61. The van der Waals surface area contributed by atoms with Gasteiger partial charge in [0.25, 0.3) is 0 Å². The summed E-state index contributed by atoms with van der Waals surface area (Å²) in [6.07, 6.45) is 1.41. The third kappa shape index (κ3) is 3.54. The summed E-state index contributed by atoms with van der Waals surface area (Å²) in [6, 6.07) is 1.02. The van der Waals surface area contributed by atoms with Gasteiger partial charge in [0.15, 0.2) is 5.82 Å². The van der Waals surface area contributed by atoms with E-state index in [0.717, 1.165) is 25.5 Å². The van der Waals surface area contributed by atoms with Crippen molar-refractivity contribution in [3.63, 3.8) is 0 Å². The van der Waals surface area contributed by atoms with Crippen LogP contribution in [0.15, 0.2) is 10.9 Å². The molecule has 0 aliphatic carbocycles. The van der Waals surface area contributed by atoms with E-state index in [1.807, 2.05) is 0 Å². The van der Waals surface area contributed by atoms with Crippen molar-refractivity contribution in [3.05, 3.63) is 12.2 Å². The number of rotatable bonds is 3. The van der Waals surface area contributed by atoms with Gasteiger partial charge in [-0.15, -0.1) is 0 Å². The van der Waals surface area contributed by atoms with E-state index in [4.69, 9.17) is 4.52 Å². The molecule has 0 spiro atoms. The number of hydrogen-bond donors (Lipinski definition) is 1. The fraction of sp³-hybridized carbons (Fsp3) is 0.857. The van der Waals surface area contributed by atoms with E-state index < -0.39 is 0 Å². The Labute approximate surface area is 115 Å². The number of aromatic nitrogens is 2. The predicted octanol–water partition coefficient (Wildman–Crippen LogP) is 1.91. The summed E-state index contributed by atoms with van der Waals surface area (Å²) < 4.78 is 4.84. The van der Waals surface area contributed by atoms with Crippen molar-refractivity contribution in [2.24, 2.45) is 11.3 Å². The zero-order valence-corrected chi connectivity index (χ0v) is 12.7. The van der Waals surface area contributed by atoms with Crippen molar-refractivity contribution in [1.82, 2.24) is 20.4 Å². The number of hydrogen-bond acceptors (Lipinski definition) is 5. The van der Waals surface area contributed by atoms with E-state index in [9.17, 15) is 0 Å². The van der Waals surface area contributed by atoms with E-state index in [2.05, 4.69) is 55.0 Å². The fourth-order valence-electron chi connectivity index (χ4n) is 2.69. The molecule has 1 N–H and O–H groups in total. The second-order valence-corrected chi connectivity index (χ2v) is 6.92. The van der Waals surface area contributed by atoms with Crippen molar-refractivity contribution < 1.29 is 4.52 Å². The van der Waals surface area contributed by atoms with Crippen LogP contribution in [-0.4, -0.2) is 40.2 Å². The highest BCUT2D eigenvalue weighted by molar-refractivity contribution is 4.94. The van der Waals surface area contributed by atoms with E-state index in [1.54, 1.807) is 0 Å². The molecule has 1 aliphatic heterocycles. The normalized spacial score (nSPS) is 26.0. The quantitative estimate of drug-likeness (QED) is 0.905. The first-order valence-electron chi connectivity index (χ1n) is 7.10. The largest absolute Gasteiger partial charge is 0.343 e. The van der Waals surface area contributed by atoms with Crippen LogP contribution in [0.3, 0.4) is 0 Å². The molecule has 1 aliphatic rings. The summed E-state index contributed by atoms with van der Waals surface area (Å²) in [5, 5.41) is 7.64. The van der Waals surface area contributed by atoms with Crippen molar-refractivity contribution in [1.29, 1.82) is 0 Å². The van der Waals surface area contributed by atoms with Gasteiger partial charge in [0, 0.05) is 25.2 Å². The lowest BCUT2D eigenvalue weighted by Gasteiger charge is -2.46. The van der Waals surface area contributed by atoms with Crippen LogP contribution in [-0.2, 0) is 6.54 Å². The van der Waals surface area contributed by atoms with Gasteiger partial charge < -0.3 is 9.84 Å². The van der Waals surface area contributed by atoms with Gasteiger partial charge >= 0.3 is 0 Å². The topological polar surface area (TPSA) is 54.2 Å². The van der Waals surface area contributed by atoms with Crippen molar-refractivity contribution in [2.75, 3.05) is 13.1 Å². The Balaban J connectivity index is 2.08. The van der Waals surface area contributed by atoms with Gasteiger partial charge in [-0.2, -0.15) is 4.98 Å². The Hall–Kier alpha value is -0.940. The van der Waals surface area contributed by atoms with Crippen molar-refractivity contribution in [3.8, 4) is 0 Å². The first kappa shape index (κ1) is 14.5. The Bertz CT molecular complexity index is 383. The summed E-state index contributed by atoms with van der Waals surface area (Å²) in [7, 11) is 0. The third-order valence-electron chi connectivity index (χ3n) is 4.03. The van der Waals surface area contributed by atoms with E-state index in [0.29, 0.717) is 18.0 Å². The average molecular weight is 266 g/mol. The first-order valence-corrected chi connectivity index (χ1v) is 7.10. The Morgan fingerprint density at radius 1 is 1.47 bits per heavy atom. The minimum atomic E-state index is 0.261. The molecular weight excluding hydrogens is 240 g/mol. The molecule has 1 aromatic heterocycles. The smallest absolute Gasteiger partial charge is 0.213 e. The molecule has 2 heterocycles. The van der Waals surface area contributed by atoms with Gasteiger partial charge in [-0.3, -0.25) is 4.90 Å². The molecule has 0 radical (unpaired) electrons. The van der Waals surface area contributed by atoms with Crippen LogP contribution in [0.1, 0.15) is 40.4 Å². The zero-order valence-electron chi connectivity index (χ0n) is 12.7. The van der Waals surface area contributed by atoms with Crippen molar-refractivity contribution >= 4 is 0 Å². The van der Waals surface area contributed by atoms with Gasteiger partial charge in [0.2, 0.25) is 6.39 Å². The standard InChI is InChI=1S/C14H26N4O/c1-10(2)11-6-15-12(14(3,4)5)7-18(11)8-13-16-9-19-17-13/h9-12,15H,6-8H2,1-5H3. The third-order valence-corrected chi connectivity index (χ3v) is 4.03. The Kier molecular flexibility index (Phi) is 4.26. The molecule has 0 saturated carbocycles. The molecule has 2 unspecified atom stereocenters. The molecule has 19 heavy (non-hydrogen) atoms. The summed E-state index contributed by atoms with van der Waals surface area (Å²) in [4.78, 5) is 6.64. The minimum absolute atomic E-state index is 0.261. The second kappa shape index (κ2) is 5.59. The molecule has 2 rings (SSSR count). The molecular formula is C14H26N4O. The SMILES string of the molecule is CC(C)C1CNC(C(C)(C)C)CN1Cc1ncon1. The number of nitrogens with zero attached hydrogens (tertiary/aromatic N) is 3. The van der Waals surface area contributed by atoms with Crippen LogP contribution in [0.2, 0.25) is 0 Å². The molecule has 1 aromatic rings. The van der Waals surface area contributed by atoms with Gasteiger partial charge in [-0.1, -0.05) is 39.8 Å². The van der Waals surface area contributed by atoms with Crippen LogP contribution < -0.4 is 5.32 Å². The highest BCUT2D eigenvalue weighted by atomic mass is 16.5. The molecule has 5 nitrogen and oxygen atoms in total. The van der Waals surface area contributed by atoms with Crippen LogP contribution in [0, 0.1) is 11.3 Å². The van der Waals surface area contributed by atoms with E-state index in [-0.39, 0.29) is 5.41 Å². The van der Waals surface area contributed by atoms with Gasteiger partial charge in [-0.05, 0) is 11.3 Å². The molecule has 0 bridgehead atoms. The first-order chi connectivity index (χ1) is 8.88. The fourth-order valence-corrected chi connectivity index (χ4v) is 2.69. The molecule has 1 fully saturated rings. The van der Waals surface area contributed by atoms with Gasteiger partial charge in [-0.25, -0.2) is 0 Å². The maximum atomic E-state index is 4.84. The summed E-state index contributed by atoms with van der Waals surface area (Å²) in [6.45, 7) is 14.2.